The summed E-state index contributed by atoms with van der Waals surface area (Å²) in [6.07, 6.45) is 4.02. The summed E-state index contributed by atoms with van der Waals surface area (Å²) in [6.45, 7) is 5.59. The van der Waals surface area contributed by atoms with Crippen LogP contribution in [-0.4, -0.2) is 19.7 Å². The van der Waals surface area contributed by atoms with Crippen molar-refractivity contribution in [3.63, 3.8) is 0 Å². The second-order valence-electron chi connectivity index (χ2n) is 5.71. The van der Waals surface area contributed by atoms with Crippen molar-refractivity contribution in [3.05, 3.63) is 29.8 Å². The fourth-order valence-electron chi connectivity index (χ4n) is 2.42. The average Bonchev–Trinajstić information content (AvgIpc) is 3.19. The van der Waals surface area contributed by atoms with Crippen molar-refractivity contribution in [2.75, 3.05) is 13.7 Å². The number of methoxy groups -OCH3 is 1. The number of hydrogen-bond acceptors (Lipinski definition) is 2. The summed E-state index contributed by atoms with van der Waals surface area (Å²) in [6, 6.07) is 9.11. The minimum absolute atomic E-state index is 0.585. The van der Waals surface area contributed by atoms with Crippen molar-refractivity contribution in [1.82, 2.24) is 5.32 Å². The van der Waals surface area contributed by atoms with E-state index in [2.05, 4.69) is 43.4 Å². The molecule has 1 aromatic rings. The molecule has 1 fully saturated rings. The molecular formula is C16H25NO. The lowest BCUT2D eigenvalue weighted by atomic mass is 9.94. The summed E-state index contributed by atoms with van der Waals surface area (Å²) in [5.74, 6) is 2.68. The Labute approximate surface area is 111 Å². The Morgan fingerprint density at radius 2 is 1.89 bits per heavy atom. The molecule has 0 saturated heterocycles. The zero-order valence-corrected chi connectivity index (χ0v) is 11.8. The van der Waals surface area contributed by atoms with Gasteiger partial charge in [0, 0.05) is 6.04 Å². The van der Waals surface area contributed by atoms with Gasteiger partial charge in [-0.3, -0.25) is 0 Å². The Balaban J connectivity index is 1.90. The van der Waals surface area contributed by atoms with E-state index in [0.717, 1.165) is 24.1 Å². The van der Waals surface area contributed by atoms with Gasteiger partial charge in [-0.1, -0.05) is 26.0 Å². The molecule has 100 valence electrons. The first-order chi connectivity index (χ1) is 8.69. The summed E-state index contributed by atoms with van der Waals surface area (Å²) < 4.78 is 5.20. The highest BCUT2D eigenvalue weighted by atomic mass is 16.5. The lowest BCUT2D eigenvalue weighted by molar-refractivity contribution is 0.403. The van der Waals surface area contributed by atoms with Crippen LogP contribution in [0.25, 0.3) is 0 Å². The Morgan fingerprint density at radius 3 is 2.39 bits per heavy atom. The monoisotopic (exact) mass is 247 g/mol. The lowest BCUT2D eigenvalue weighted by Gasteiger charge is -2.19. The quantitative estimate of drug-likeness (QED) is 0.798. The zero-order chi connectivity index (χ0) is 13.0. The highest BCUT2D eigenvalue weighted by molar-refractivity contribution is 5.27. The fraction of sp³-hybridized carbons (Fsp3) is 0.625. The van der Waals surface area contributed by atoms with Gasteiger partial charge in [0.2, 0.25) is 0 Å². The first-order valence-corrected chi connectivity index (χ1v) is 7.05. The molecule has 1 saturated carbocycles. The van der Waals surface area contributed by atoms with Crippen LogP contribution < -0.4 is 10.1 Å². The molecule has 0 spiro atoms. The molecule has 2 nitrogen and oxygen atoms in total. The predicted molar refractivity (Wildman–Crippen MR) is 76.1 cm³/mol. The van der Waals surface area contributed by atoms with Crippen LogP contribution in [-0.2, 0) is 6.42 Å². The second kappa shape index (κ2) is 6.24. The highest BCUT2D eigenvalue weighted by Crippen LogP contribution is 2.38. The van der Waals surface area contributed by atoms with Gasteiger partial charge < -0.3 is 10.1 Å². The smallest absolute Gasteiger partial charge is 0.118 e. The lowest BCUT2D eigenvalue weighted by Crippen LogP contribution is -2.30. The van der Waals surface area contributed by atoms with Crippen LogP contribution in [0.5, 0.6) is 5.75 Å². The largest absolute Gasteiger partial charge is 0.497 e. The van der Waals surface area contributed by atoms with E-state index in [1.54, 1.807) is 7.11 Å². The molecule has 2 heteroatoms. The van der Waals surface area contributed by atoms with Gasteiger partial charge in [0.1, 0.15) is 5.75 Å². The molecule has 1 aliphatic rings. The van der Waals surface area contributed by atoms with E-state index < -0.39 is 0 Å². The molecule has 0 heterocycles. The van der Waals surface area contributed by atoms with Gasteiger partial charge in [-0.25, -0.2) is 0 Å². The number of benzene rings is 1. The Morgan fingerprint density at radius 1 is 1.22 bits per heavy atom. The average molecular weight is 247 g/mol. The van der Waals surface area contributed by atoms with Crippen LogP contribution in [0.15, 0.2) is 24.3 Å². The molecule has 0 aliphatic heterocycles. The summed E-state index contributed by atoms with van der Waals surface area (Å²) in [5.41, 5.74) is 1.43. The molecule has 1 unspecified atom stereocenters. The summed E-state index contributed by atoms with van der Waals surface area (Å²) in [4.78, 5) is 0. The van der Waals surface area contributed by atoms with Gasteiger partial charge in [-0.05, 0) is 55.3 Å². The van der Waals surface area contributed by atoms with Crippen LogP contribution >= 0.6 is 0 Å². The molecule has 1 atom stereocenters. The predicted octanol–water partition coefficient (Wildman–Crippen LogP) is 3.26. The molecule has 0 bridgehead atoms. The topological polar surface area (TPSA) is 21.3 Å². The van der Waals surface area contributed by atoms with Crippen molar-refractivity contribution in [3.8, 4) is 5.75 Å². The summed E-state index contributed by atoms with van der Waals surface area (Å²) in [7, 11) is 1.72. The van der Waals surface area contributed by atoms with Crippen LogP contribution in [0.3, 0.4) is 0 Å². The van der Waals surface area contributed by atoms with Gasteiger partial charge >= 0.3 is 0 Å². The number of rotatable bonds is 7. The Bertz CT molecular complexity index is 354. The van der Waals surface area contributed by atoms with E-state index in [1.165, 1.54) is 24.8 Å². The molecule has 0 radical (unpaired) electrons. The minimum Gasteiger partial charge on any atom is -0.497 e. The molecular weight excluding hydrogens is 222 g/mol. The molecule has 1 N–H and O–H groups in total. The van der Waals surface area contributed by atoms with Crippen LogP contribution in [0.4, 0.5) is 0 Å². The molecule has 1 aliphatic carbocycles. The van der Waals surface area contributed by atoms with E-state index in [1.807, 2.05) is 0 Å². The Kier molecular flexibility index (Phi) is 4.65. The maximum absolute atomic E-state index is 5.20. The third-order valence-corrected chi connectivity index (χ3v) is 3.73. The zero-order valence-electron chi connectivity index (χ0n) is 11.8. The third kappa shape index (κ3) is 4.02. The van der Waals surface area contributed by atoms with Crippen molar-refractivity contribution >= 4 is 0 Å². The van der Waals surface area contributed by atoms with E-state index in [0.29, 0.717) is 6.04 Å². The van der Waals surface area contributed by atoms with Gasteiger partial charge in [-0.2, -0.15) is 0 Å². The van der Waals surface area contributed by atoms with Crippen LogP contribution in [0.2, 0.25) is 0 Å². The summed E-state index contributed by atoms with van der Waals surface area (Å²) >= 11 is 0. The molecule has 2 rings (SSSR count). The van der Waals surface area contributed by atoms with Crippen molar-refractivity contribution in [2.45, 2.75) is 39.2 Å². The second-order valence-corrected chi connectivity index (χ2v) is 5.71. The number of nitrogens with one attached hydrogen (secondary N) is 1. The van der Waals surface area contributed by atoms with E-state index in [4.69, 9.17) is 4.74 Å². The van der Waals surface area contributed by atoms with Crippen molar-refractivity contribution < 1.29 is 4.74 Å². The standard InChI is InChI=1S/C16H25NO/c1-12(2)17-11-15(14-6-7-14)10-13-4-8-16(18-3)9-5-13/h4-5,8-9,12,14-15,17H,6-7,10-11H2,1-3H3. The first kappa shape index (κ1) is 13.4. The van der Waals surface area contributed by atoms with Crippen LogP contribution in [0, 0.1) is 11.8 Å². The summed E-state index contributed by atoms with van der Waals surface area (Å²) in [5, 5.41) is 3.59. The van der Waals surface area contributed by atoms with E-state index in [-0.39, 0.29) is 0 Å². The SMILES string of the molecule is COc1ccc(CC(CNC(C)C)C2CC2)cc1. The molecule has 1 aromatic carbocycles. The van der Waals surface area contributed by atoms with Crippen molar-refractivity contribution in [1.29, 1.82) is 0 Å². The Hall–Kier alpha value is -1.02. The maximum atomic E-state index is 5.20. The molecule has 18 heavy (non-hydrogen) atoms. The van der Waals surface area contributed by atoms with Crippen LogP contribution in [0.1, 0.15) is 32.3 Å². The van der Waals surface area contributed by atoms with Crippen molar-refractivity contribution in [2.24, 2.45) is 11.8 Å². The van der Waals surface area contributed by atoms with Gasteiger partial charge in [-0.15, -0.1) is 0 Å². The third-order valence-electron chi connectivity index (χ3n) is 3.73. The maximum Gasteiger partial charge on any atom is 0.118 e. The van der Waals surface area contributed by atoms with Gasteiger partial charge in [0.25, 0.3) is 0 Å². The highest BCUT2D eigenvalue weighted by Gasteiger charge is 2.30. The van der Waals surface area contributed by atoms with E-state index >= 15 is 0 Å². The fourth-order valence-corrected chi connectivity index (χ4v) is 2.42. The van der Waals surface area contributed by atoms with Gasteiger partial charge in [0.15, 0.2) is 0 Å². The molecule has 0 aromatic heterocycles. The number of ether oxygens (including phenoxy) is 1. The van der Waals surface area contributed by atoms with Gasteiger partial charge in [0.05, 0.1) is 7.11 Å². The van der Waals surface area contributed by atoms with E-state index in [9.17, 15) is 0 Å². The minimum atomic E-state index is 0.585. The molecule has 0 amide bonds. The number of hydrogen-bond donors (Lipinski definition) is 1. The normalized spacial score (nSPS) is 16.9. The first-order valence-electron chi connectivity index (χ1n) is 7.05.